The lowest BCUT2D eigenvalue weighted by molar-refractivity contribution is -0.276. The van der Waals surface area contributed by atoms with Crippen LogP contribution >= 0.6 is 22.6 Å². The van der Waals surface area contributed by atoms with Crippen molar-refractivity contribution in [3.8, 4) is 5.88 Å². The second-order valence-corrected chi connectivity index (χ2v) is 4.17. The fourth-order valence-corrected chi connectivity index (χ4v) is 1.82. The van der Waals surface area contributed by atoms with Crippen LogP contribution in [-0.4, -0.2) is 24.4 Å². The third-order valence-electron chi connectivity index (χ3n) is 1.83. The molecule has 1 aromatic heterocycles. The van der Waals surface area contributed by atoms with E-state index in [1.807, 2.05) is 0 Å². The number of H-pyrrole nitrogens is 1. The quantitative estimate of drug-likeness (QED) is 0.494. The van der Waals surface area contributed by atoms with Gasteiger partial charge in [-0.05, 0) is 22.6 Å². The summed E-state index contributed by atoms with van der Waals surface area (Å²) >= 11 is 1.60. The van der Waals surface area contributed by atoms with Gasteiger partial charge in [0.05, 0.1) is 17.2 Å². The first kappa shape index (κ1) is 14.8. The van der Waals surface area contributed by atoms with E-state index in [2.05, 4.69) is 14.5 Å². The highest BCUT2D eigenvalue weighted by molar-refractivity contribution is 14.1. The molecule has 0 radical (unpaired) electrons. The number of nitrogens with one attached hydrogen (secondary N) is 1. The Morgan fingerprint density at radius 3 is 2.56 bits per heavy atom. The van der Waals surface area contributed by atoms with Gasteiger partial charge in [0, 0.05) is 11.6 Å². The van der Waals surface area contributed by atoms with Gasteiger partial charge in [0.2, 0.25) is 5.88 Å². The van der Waals surface area contributed by atoms with Crippen LogP contribution in [0.1, 0.15) is 5.56 Å². The Morgan fingerprint density at radius 1 is 1.50 bits per heavy atom. The molecule has 0 aliphatic rings. The number of esters is 1. The fourth-order valence-electron chi connectivity index (χ4n) is 1.09. The normalized spacial score (nSPS) is 11.2. The number of rotatable bonds is 3. The molecule has 0 aromatic carbocycles. The molecule has 5 nitrogen and oxygen atoms in total. The van der Waals surface area contributed by atoms with Gasteiger partial charge in [0.25, 0.3) is 0 Å². The summed E-state index contributed by atoms with van der Waals surface area (Å²) in [6.07, 6.45) is -5.22. The molecule has 1 rings (SSSR count). The van der Waals surface area contributed by atoms with Crippen molar-refractivity contribution in [1.29, 1.82) is 0 Å². The van der Waals surface area contributed by atoms with Crippen molar-refractivity contribution in [3.63, 3.8) is 0 Å². The predicted molar refractivity (Wildman–Crippen MR) is 62.2 cm³/mol. The number of carbonyl (C=O) groups excluding carboxylic acids is 1. The number of hydrogen-bond acceptors (Lipinski definition) is 4. The molecule has 1 N–H and O–H groups in total. The van der Waals surface area contributed by atoms with Crippen LogP contribution in [-0.2, 0) is 16.0 Å². The second kappa shape index (κ2) is 5.59. The minimum absolute atomic E-state index is 0.0250. The molecule has 1 aromatic rings. The average molecular weight is 377 g/mol. The van der Waals surface area contributed by atoms with Gasteiger partial charge >= 0.3 is 12.3 Å². The molecule has 0 aliphatic heterocycles. The molecule has 0 spiro atoms. The second-order valence-electron chi connectivity index (χ2n) is 3.09. The van der Waals surface area contributed by atoms with Crippen LogP contribution in [0.2, 0.25) is 0 Å². The number of carbonyl (C=O) groups is 1. The zero-order valence-electron chi connectivity index (χ0n) is 8.93. The summed E-state index contributed by atoms with van der Waals surface area (Å²) < 4.78 is 43.9. The standard InChI is InChI=1S/C9H7F3INO4/c1-17-7(16)2-4-5(15)3-6(14-8(4)13)18-9(10,11)12/h3H,2H2,1H3,(H,14,15). The Kier molecular flexibility index (Phi) is 4.59. The highest BCUT2D eigenvalue weighted by Gasteiger charge is 2.32. The van der Waals surface area contributed by atoms with Crippen LogP contribution in [0.15, 0.2) is 10.9 Å². The zero-order chi connectivity index (χ0) is 13.9. The molecule has 9 heteroatoms. The number of halogens is 4. The molecular weight excluding hydrogens is 370 g/mol. The highest BCUT2D eigenvalue weighted by Crippen LogP contribution is 2.21. The first-order valence-electron chi connectivity index (χ1n) is 4.47. The lowest BCUT2D eigenvalue weighted by Gasteiger charge is -2.10. The van der Waals surface area contributed by atoms with Crippen molar-refractivity contribution in [1.82, 2.24) is 4.98 Å². The molecule has 0 saturated heterocycles. The summed E-state index contributed by atoms with van der Waals surface area (Å²) in [5.41, 5.74) is -0.709. The molecule has 0 amide bonds. The van der Waals surface area contributed by atoms with Crippen LogP contribution in [0, 0.1) is 3.70 Å². The number of ether oxygens (including phenoxy) is 2. The fraction of sp³-hybridized carbons (Fsp3) is 0.333. The first-order valence-corrected chi connectivity index (χ1v) is 5.55. The van der Waals surface area contributed by atoms with E-state index in [1.54, 1.807) is 22.6 Å². The summed E-state index contributed by atoms with van der Waals surface area (Å²) in [7, 11) is 1.14. The smallest absolute Gasteiger partial charge is 0.469 e. The minimum Gasteiger partial charge on any atom is -0.469 e. The monoisotopic (exact) mass is 377 g/mol. The van der Waals surface area contributed by atoms with Gasteiger partial charge in [-0.1, -0.05) is 0 Å². The molecule has 0 atom stereocenters. The van der Waals surface area contributed by atoms with E-state index in [4.69, 9.17) is 0 Å². The summed E-state index contributed by atoms with van der Waals surface area (Å²) in [5.74, 6) is -1.39. The Balaban J connectivity index is 3.05. The van der Waals surface area contributed by atoms with E-state index in [-0.39, 0.29) is 15.7 Å². The number of hydrogen-bond donors (Lipinski definition) is 1. The van der Waals surface area contributed by atoms with E-state index in [0.717, 1.165) is 7.11 Å². The predicted octanol–water partition coefficient (Wildman–Crippen LogP) is 1.59. The zero-order valence-corrected chi connectivity index (χ0v) is 11.1. The maximum atomic E-state index is 11.9. The van der Waals surface area contributed by atoms with Crippen LogP contribution < -0.4 is 10.2 Å². The van der Waals surface area contributed by atoms with Crippen LogP contribution in [0.3, 0.4) is 0 Å². The van der Waals surface area contributed by atoms with E-state index >= 15 is 0 Å². The van der Waals surface area contributed by atoms with Crippen LogP contribution in [0.5, 0.6) is 5.88 Å². The van der Waals surface area contributed by atoms with Gasteiger partial charge in [-0.2, -0.15) is 0 Å². The van der Waals surface area contributed by atoms with E-state index in [0.29, 0.717) is 6.07 Å². The van der Waals surface area contributed by atoms with E-state index < -0.39 is 23.6 Å². The van der Waals surface area contributed by atoms with Crippen molar-refractivity contribution in [2.45, 2.75) is 12.8 Å². The van der Waals surface area contributed by atoms with Crippen LogP contribution in [0.25, 0.3) is 0 Å². The molecule has 0 aliphatic carbocycles. The Bertz CT molecular complexity index is 512. The third kappa shape index (κ3) is 4.20. The first-order chi connectivity index (χ1) is 8.23. The molecule has 100 valence electrons. The Hall–Kier alpha value is -1.26. The van der Waals surface area contributed by atoms with E-state index in [1.165, 1.54) is 0 Å². The van der Waals surface area contributed by atoms with Gasteiger partial charge in [-0.25, -0.2) is 0 Å². The number of pyridine rings is 1. The summed E-state index contributed by atoms with van der Waals surface area (Å²) in [6, 6.07) is 0.633. The molecule has 0 fully saturated rings. The third-order valence-corrected chi connectivity index (χ3v) is 2.75. The van der Waals surface area contributed by atoms with Gasteiger partial charge in [-0.3, -0.25) is 9.59 Å². The Labute approximate surface area is 112 Å². The topological polar surface area (TPSA) is 68.4 Å². The lowest BCUT2D eigenvalue weighted by atomic mass is 10.2. The molecule has 0 unspecified atom stereocenters. The number of aromatic nitrogens is 1. The van der Waals surface area contributed by atoms with Crippen LogP contribution in [0.4, 0.5) is 13.2 Å². The van der Waals surface area contributed by atoms with Crippen molar-refractivity contribution >= 4 is 28.6 Å². The summed E-state index contributed by atoms with van der Waals surface area (Å²) in [4.78, 5) is 24.8. The molecular formula is C9H7F3INO4. The maximum Gasteiger partial charge on any atom is 0.574 e. The maximum absolute atomic E-state index is 11.9. The number of alkyl halides is 3. The van der Waals surface area contributed by atoms with Gasteiger partial charge in [0.1, 0.15) is 0 Å². The Morgan fingerprint density at radius 2 is 2.11 bits per heavy atom. The highest BCUT2D eigenvalue weighted by atomic mass is 127. The molecule has 1 heterocycles. The van der Waals surface area contributed by atoms with Crippen molar-refractivity contribution in [2.75, 3.05) is 7.11 Å². The van der Waals surface area contributed by atoms with Gasteiger partial charge in [0.15, 0.2) is 5.43 Å². The summed E-state index contributed by atoms with van der Waals surface area (Å²) in [5, 5.41) is 0. The van der Waals surface area contributed by atoms with Crippen molar-refractivity contribution < 1.29 is 27.4 Å². The number of methoxy groups -OCH3 is 1. The van der Waals surface area contributed by atoms with Crippen molar-refractivity contribution in [3.05, 3.63) is 25.6 Å². The van der Waals surface area contributed by atoms with Crippen molar-refractivity contribution in [2.24, 2.45) is 0 Å². The number of aromatic amines is 1. The lowest BCUT2D eigenvalue weighted by Crippen LogP contribution is -2.22. The van der Waals surface area contributed by atoms with Gasteiger partial charge in [-0.15, -0.1) is 13.2 Å². The molecule has 0 bridgehead atoms. The average Bonchev–Trinajstić information content (AvgIpc) is 2.20. The summed E-state index contributed by atoms with van der Waals surface area (Å²) in [6.45, 7) is 0. The minimum atomic E-state index is -4.89. The molecule has 18 heavy (non-hydrogen) atoms. The largest absolute Gasteiger partial charge is 0.574 e. The van der Waals surface area contributed by atoms with E-state index in [9.17, 15) is 22.8 Å². The van der Waals surface area contributed by atoms with Gasteiger partial charge < -0.3 is 14.5 Å². The molecule has 0 saturated carbocycles. The SMILES string of the molecule is COC(=O)Cc1c(I)[nH]c(OC(F)(F)F)cc1=O.